The number of rotatable bonds is 9. The van der Waals surface area contributed by atoms with Crippen molar-refractivity contribution in [1.29, 1.82) is 0 Å². The van der Waals surface area contributed by atoms with Gasteiger partial charge in [-0.05, 0) is 122 Å². The molecule has 74 heavy (non-hydrogen) atoms. The van der Waals surface area contributed by atoms with Crippen molar-refractivity contribution >= 4 is 53.3 Å². The lowest BCUT2D eigenvalue weighted by atomic mass is 9.89. The van der Waals surface area contributed by atoms with Gasteiger partial charge in [-0.2, -0.15) is 0 Å². The molecule has 0 aliphatic heterocycles. The molecular weight excluding hydrogens is 915 g/mol. The molecule has 0 N–H and O–H groups in total. The molecule has 0 bridgehead atoms. The van der Waals surface area contributed by atoms with E-state index < -0.39 is 0 Å². The van der Waals surface area contributed by atoms with Gasteiger partial charge in [0.1, 0.15) is 0 Å². The molecule has 0 radical (unpaired) electrons. The fourth-order valence-electron chi connectivity index (χ4n) is 10.8. The molecule has 4 heteroatoms. The first-order chi connectivity index (χ1) is 36.7. The van der Waals surface area contributed by atoms with E-state index >= 15 is 0 Å². The summed E-state index contributed by atoms with van der Waals surface area (Å²) in [6, 6.07) is 98.3. The molecule has 3 aromatic heterocycles. The van der Waals surface area contributed by atoms with E-state index in [9.17, 15) is 0 Å². The van der Waals surface area contributed by atoms with Crippen molar-refractivity contribution in [2.75, 3.05) is 0 Å². The van der Waals surface area contributed by atoms with Gasteiger partial charge in [0.25, 0.3) is 0 Å². The highest BCUT2D eigenvalue weighted by atomic mass is 32.1. The van der Waals surface area contributed by atoms with E-state index in [0.717, 1.165) is 44.8 Å². The van der Waals surface area contributed by atoms with Crippen LogP contribution >= 0.6 is 11.3 Å². The third-order valence-electron chi connectivity index (χ3n) is 14.5. The van der Waals surface area contributed by atoms with E-state index in [2.05, 4.69) is 278 Å². The molecule has 0 aliphatic rings. The number of hydrogen-bond acceptors (Lipinski definition) is 3. The molecular formula is C70H45N3S. The van der Waals surface area contributed by atoms with Gasteiger partial charge in [-0.3, -0.25) is 0 Å². The van der Waals surface area contributed by atoms with Gasteiger partial charge in [0, 0.05) is 53.3 Å². The minimum absolute atomic E-state index is 0.677. The zero-order chi connectivity index (χ0) is 49.0. The summed E-state index contributed by atoms with van der Waals surface area (Å²) in [4.78, 5) is 10.5. The zero-order valence-corrected chi connectivity index (χ0v) is 41.0. The minimum atomic E-state index is 0.677. The molecule has 0 unspecified atom stereocenters. The SMILES string of the molecule is c1ccc(-c2ccc(-c3cc(-c4ccc(-c5ccccc5)cc4)nc(-c4ccc(-n5c6ccccc6c6cc(-c7ccccc7-c7ccccc7-c7ccc8sc9ccccc9c8c7)ccc65)cc4)n3)cc2)cc1. The Morgan fingerprint density at radius 3 is 1.28 bits per heavy atom. The van der Waals surface area contributed by atoms with Gasteiger partial charge in [0.05, 0.1) is 22.4 Å². The van der Waals surface area contributed by atoms with Crippen LogP contribution in [0, 0.1) is 0 Å². The Morgan fingerprint density at radius 1 is 0.257 bits per heavy atom. The summed E-state index contributed by atoms with van der Waals surface area (Å²) in [5, 5.41) is 5.03. The van der Waals surface area contributed by atoms with E-state index in [1.54, 1.807) is 0 Å². The van der Waals surface area contributed by atoms with Crippen molar-refractivity contribution < 1.29 is 0 Å². The first-order valence-corrected chi connectivity index (χ1v) is 25.9. The lowest BCUT2D eigenvalue weighted by Crippen LogP contribution is -1.97. The van der Waals surface area contributed by atoms with Gasteiger partial charge >= 0.3 is 0 Å². The summed E-state index contributed by atoms with van der Waals surface area (Å²) in [5.74, 6) is 0.677. The summed E-state index contributed by atoms with van der Waals surface area (Å²) in [6.45, 7) is 0. The Morgan fingerprint density at radius 2 is 0.676 bits per heavy atom. The highest BCUT2D eigenvalue weighted by molar-refractivity contribution is 7.25. The molecule has 0 spiro atoms. The molecule has 346 valence electrons. The molecule has 0 fully saturated rings. The molecule has 0 saturated heterocycles. The van der Waals surface area contributed by atoms with Crippen molar-refractivity contribution in [3.05, 3.63) is 273 Å². The molecule has 3 nitrogen and oxygen atoms in total. The van der Waals surface area contributed by atoms with E-state index in [0.29, 0.717) is 5.82 Å². The smallest absolute Gasteiger partial charge is 0.160 e. The largest absolute Gasteiger partial charge is 0.309 e. The third kappa shape index (κ3) is 7.77. The van der Waals surface area contributed by atoms with Gasteiger partial charge in [0.15, 0.2) is 5.82 Å². The second-order valence-electron chi connectivity index (χ2n) is 18.9. The van der Waals surface area contributed by atoms with Gasteiger partial charge in [-0.15, -0.1) is 11.3 Å². The van der Waals surface area contributed by atoms with Crippen LogP contribution in [0.5, 0.6) is 0 Å². The Kier molecular flexibility index (Phi) is 10.7. The fraction of sp³-hybridized carbons (Fsp3) is 0. The van der Waals surface area contributed by atoms with Crippen LogP contribution in [0.4, 0.5) is 0 Å². The van der Waals surface area contributed by atoms with Gasteiger partial charge in [-0.1, -0.05) is 206 Å². The number of thiophene rings is 1. The molecule has 0 amide bonds. The average Bonchev–Trinajstić information content (AvgIpc) is 4.03. The van der Waals surface area contributed by atoms with Crippen LogP contribution < -0.4 is 0 Å². The summed E-state index contributed by atoms with van der Waals surface area (Å²) in [5.41, 5.74) is 20.1. The Bertz CT molecular complexity index is 4280. The number of para-hydroxylation sites is 1. The van der Waals surface area contributed by atoms with Crippen LogP contribution in [0.25, 0.3) is 137 Å². The number of fused-ring (bicyclic) bond motifs is 6. The fourth-order valence-corrected chi connectivity index (χ4v) is 11.9. The monoisotopic (exact) mass is 959 g/mol. The van der Waals surface area contributed by atoms with Crippen LogP contribution in [0.1, 0.15) is 0 Å². The molecule has 0 saturated carbocycles. The van der Waals surface area contributed by atoms with E-state index in [1.807, 2.05) is 11.3 Å². The highest BCUT2D eigenvalue weighted by Gasteiger charge is 2.18. The maximum absolute atomic E-state index is 5.25. The highest BCUT2D eigenvalue weighted by Crippen LogP contribution is 2.43. The molecule has 14 aromatic rings. The number of nitrogens with zero attached hydrogens (tertiary/aromatic N) is 3. The lowest BCUT2D eigenvalue weighted by Gasteiger charge is -2.15. The normalized spacial score (nSPS) is 11.5. The van der Waals surface area contributed by atoms with Crippen LogP contribution in [0.2, 0.25) is 0 Å². The first-order valence-electron chi connectivity index (χ1n) is 25.1. The lowest BCUT2D eigenvalue weighted by molar-refractivity contribution is 1.16. The standard InChI is InChI=1S/C70H45N3S/c1-3-15-46(16-4-1)48-27-31-50(32-28-48)64-45-65(51-33-29-49(30-34-51)47-17-5-2-6-18-47)72-70(71-64)52-35-39-55(40-36-52)73-66-25-13-11-23-60(66)62-43-53(37-41-67(62)73)56-19-7-9-21-58(56)59-22-10-8-20-57(59)54-38-42-69-63(44-54)61-24-12-14-26-68(61)74-69/h1-45H. The van der Waals surface area contributed by atoms with Gasteiger partial charge in [0.2, 0.25) is 0 Å². The zero-order valence-electron chi connectivity index (χ0n) is 40.2. The van der Waals surface area contributed by atoms with Crippen molar-refractivity contribution in [2.45, 2.75) is 0 Å². The van der Waals surface area contributed by atoms with Crippen molar-refractivity contribution in [3.63, 3.8) is 0 Å². The van der Waals surface area contributed by atoms with Crippen LogP contribution in [0.3, 0.4) is 0 Å². The van der Waals surface area contributed by atoms with Crippen molar-refractivity contribution in [1.82, 2.24) is 14.5 Å². The van der Waals surface area contributed by atoms with E-state index in [4.69, 9.17) is 9.97 Å². The van der Waals surface area contributed by atoms with E-state index in [-0.39, 0.29) is 0 Å². The third-order valence-corrected chi connectivity index (χ3v) is 15.7. The van der Waals surface area contributed by atoms with Crippen molar-refractivity contribution in [2.24, 2.45) is 0 Å². The van der Waals surface area contributed by atoms with Crippen LogP contribution in [0.15, 0.2) is 273 Å². The molecule has 0 aliphatic carbocycles. The second-order valence-corrected chi connectivity index (χ2v) is 20.0. The average molecular weight is 960 g/mol. The molecule has 3 heterocycles. The summed E-state index contributed by atoms with van der Waals surface area (Å²) in [7, 11) is 0. The predicted molar refractivity (Wildman–Crippen MR) is 313 cm³/mol. The van der Waals surface area contributed by atoms with Crippen LogP contribution in [-0.4, -0.2) is 14.5 Å². The summed E-state index contributed by atoms with van der Waals surface area (Å²) < 4.78 is 5.02. The molecule has 14 rings (SSSR count). The first kappa shape index (κ1) is 43.3. The Labute approximate surface area is 433 Å². The Balaban J connectivity index is 0.833. The van der Waals surface area contributed by atoms with Gasteiger partial charge in [-0.25, -0.2) is 9.97 Å². The minimum Gasteiger partial charge on any atom is -0.309 e. The van der Waals surface area contributed by atoms with Crippen molar-refractivity contribution in [3.8, 4) is 95.2 Å². The Hall–Kier alpha value is -9.48. The number of hydrogen-bond donors (Lipinski definition) is 0. The molecule has 0 atom stereocenters. The summed E-state index contributed by atoms with van der Waals surface area (Å²) >= 11 is 1.86. The maximum atomic E-state index is 5.25. The van der Waals surface area contributed by atoms with E-state index in [1.165, 1.54) is 86.6 Å². The van der Waals surface area contributed by atoms with Gasteiger partial charge < -0.3 is 4.57 Å². The topological polar surface area (TPSA) is 30.7 Å². The number of benzene rings is 11. The molecule has 11 aromatic carbocycles. The summed E-state index contributed by atoms with van der Waals surface area (Å²) in [6.07, 6.45) is 0. The van der Waals surface area contributed by atoms with Crippen LogP contribution in [-0.2, 0) is 0 Å². The maximum Gasteiger partial charge on any atom is 0.160 e. The predicted octanol–water partition coefficient (Wildman–Crippen LogP) is 19.3. The second kappa shape index (κ2) is 18.3. The number of aromatic nitrogens is 3. The quantitative estimate of drug-likeness (QED) is 0.144.